The van der Waals surface area contributed by atoms with Gasteiger partial charge < -0.3 is 15.5 Å². The van der Waals surface area contributed by atoms with Crippen molar-refractivity contribution in [3.05, 3.63) is 53.7 Å². The van der Waals surface area contributed by atoms with E-state index in [1.165, 1.54) is 18.3 Å². The van der Waals surface area contributed by atoms with Crippen LogP contribution in [0.25, 0.3) is 0 Å². The average Bonchev–Trinajstić information content (AvgIpc) is 2.68. The van der Waals surface area contributed by atoms with Gasteiger partial charge in [0.2, 0.25) is 11.8 Å². The van der Waals surface area contributed by atoms with E-state index in [2.05, 4.69) is 15.6 Å². The van der Waals surface area contributed by atoms with Crippen molar-refractivity contribution in [1.82, 2.24) is 10.3 Å². The molecule has 3 rings (SSSR count). The van der Waals surface area contributed by atoms with Crippen LogP contribution >= 0.6 is 0 Å². The maximum absolute atomic E-state index is 12.6. The zero-order valence-corrected chi connectivity index (χ0v) is 15.8. The van der Waals surface area contributed by atoms with Crippen molar-refractivity contribution in [2.45, 2.75) is 19.5 Å². The number of aromatic nitrogens is 1. The lowest BCUT2D eigenvalue weighted by atomic mass is 9.99. The molecule has 9 heteroatoms. The number of anilines is 2. The first-order chi connectivity index (χ1) is 13.7. The summed E-state index contributed by atoms with van der Waals surface area (Å²) in [6.45, 7) is 3.17. The first kappa shape index (κ1) is 20.6. The monoisotopic (exact) mass is 406 g/mol. The van der Waals surface area contributed by atoms with Crippen molar-refractivity contribution in [3.8, 4) is 0 Å². The summed E-state index contributed by atoms with van der Waals surface area (Å²) in [5, 5.41) is 5.50. The molecular formula is C20H21F3N4O2. The molecule has 0 aliphatic carbocycles. The maximum Gasteiger partial charge on any atom is 0.416 e. The van der Waals surface area contributed by atoms with Crippen molar-refractivity contribution in [1.29, 1.82) is 0 Å². The molecule has 1 fully saturated rings. The predicted molar refractivity (Wildman–Crippen MR) is 102 cm³/mol. The number of nitrogens with one attached hydrogen (secondary N) is 2. The zero-order chi connectivity index (χ0) is 21.0. The summed E-state index contributed by atoms with van der Waals surface area (Å²) in [5.74, 6) is -0.0998. The second-order valence-electron chi connectivity index (χ2n) is 6.97. The Morgan fingerprint density at radius 1 is 1.24 bits per heavy atom. The van der Waals surface area contributed by atoms with E-state index in [1.54, 1.807) is 19.1 Å². The number of hydrogen-bond donors (Lipinski definition) is 2. The third-order valence-electron chi connectivity index (χ3n) is 4.65. The molecule has 6 nitrogen and oxygen atoms in total. The van der Waals surface area contributed by atoms with Crippen LogP contribution in [0, 0.1) is 5.92 Å². The number of carbonyl (C=O) groups excluding carboxylic acids is 2. The number of amides is 2. The number of nitrogens with zero attached hydrogens (tertiary/aromatic N) is 2. The van der Waals surface area contributed by atoms with E-state index in [4.69, 9.17) is 0 Å². The first-order valence-corrected chi connectivity index (χ1v) is 9.17. The van der Waals surface area contributed by atoms with E-state index in [0.717, 1.165) is 12.1 Å². The molecule has 0 spiro atoms. The van der Waals surface area contributed by atoms with E-state index in [0.29, 0.717) is 36.6 Å². The molecule has 0 radical (unpaired) electrons. The molecule has 2 heterocycles. The van der Waals surface area contributed by atoms with Gasteiger partial charge in [0.05, 0.1) is 24.0 Å². The van der Waals surface area contributed by atoms with Gasteiger partial charge in [-0.3, -0.25) is 9.59 Å². The summed E-state index contributed by atoms with van der Waals surface area (Å²) in [7, 11) is 0. The fourth-order valence-corrected chi connectivity index (χ4v) is 3.02. The van der Waals surface area contributed by atoms with Crippen LogP contribution < -0.4 is 15.5 Å². The molecular weight excluding hydrogens is 385 g/mol. The van der Waals surface area contributed by atoms with E-state index in [1.807, 2.05) is 4.90 Å². The fraction of sp³-hybridized carbons (Fsp3) is 0.350. The number of piperazine rings is 1. The fourth-order valence-electron chi connectivity index (χ4n) is 3.02. The molecule has 1 aromatic carbocycles. The molecule has 1 saturated heterocycles. The second-order valence-corrected chi connectivity index (χ2v) is 6.97. The van der Waals surface area contributed by atoms with E-state index < -0.39 is 17.7 Å². The number of rotatable bonds is 5. The molecule has 1 atom stereocenters. The van der Waals surface area contributed by atoms with Crippen molar-refractivity contribution in [2.75, 3.05) is 29.9 Å². The number of alkyl halides is 3. The van der Waals surface area contributed by atoms with Gasteiger partial charge >= 0.3 is 6.18 Å². The number of halogens is 3. The minimum absolute atomic E-state index is 0.0625. The van der Waals surface area contributed by atoms with Crippen LogP contribution in [0.1, 0.15) is 18.1 Å². The molecule has 0 saturated carbocycles. The largest absolute Gasteiger partial charge is 0.416 e. The molecule has 2 aromatic rings. The highest BCUT2D eigenvalue weighted by molar-refractivity contribution is 5.92. The predicted octanol–water partition coefficient (Wildman–Crippen LogP) is 2.85. The Hall–Kier alpha value is -3.10. The summed E-state index contributed by atoms with van der Waals surface area (Å²) >= 11 is 0. The molecule has 1 aromatic heterocycles. The minimum Gasteiger partial charge on any atom is -0.353 e. The van der Waals surface area contributed by atoms with Crippen LogP contribution in [0.5, 0.6) is 0 Å². The van der Waals surface area contributed by atoms with Crippen molar-refractivity contribution in [2.24, 2.45) is 5.92 Å². The Morgan fingerprint density at radius 3 is 2.55 bits per heavy atom. The van der Waals surface area contributed by atoms with Crippen LogP contribution in [-0.2, 0) is 22.2 Å². The summed E-state index contributed by atoms with van der Waals surface area (Å²) in [5.41, 5.74) is 0.452. The Balaban J connectivity index is 1.56. The van der Waals surface area contributed by atoms with Crippen molar-refractivity contribution in [3.63, 3.8) is 0 Å². The van der Waals surface area contributed by atoms with Crippen molar-refractivity contribution < 1.29 is 22.8 Å². The lowest BCUT2D eigenvalue weighted by molar-refractivity contribution is -0.137. The lowest BCUT2D eigenvalue weighted by Crippen LogP contribution is -2.48. The van der Waals surface area contributed by atoms with Gasteiger partial charge in [0.25, 0.3) is 0 Å². The average molecular weight is 406 g/mol. The first-order valence-electron chi connectivity index (χ1n) is 9.17. The SMILES string of the molecule is CC(Cc1ccc(C(F)(F)F)cc1)C(=O)Nc1ccc(N2CCNC(=O)C2)nc1. The maximum atomic E-state index is 12.6. The second kappa shape index (κ2) is 8.50. The highest BCUT2D eigenvalue weighted by Gasteiger charge is 2.30. The van der Waals surface area contributed by atoms with Gasteiger partial charge in [-0.05, 0) is 36.2 Å². The molecule has 2 amide bonds. The molecule has 1 aliphatic rings. The van der Waals surface area contributed by atoms with Crippen LogP contribution in [-0.4, -0.2) is 36.4 Å². The van der Waals surface area contributed by atoms with Gasteiger partial charge in [0, 0.05) is 19.0 Å². The van der Waals surface area contributed by atoms with Gasteiger partial charge in [-0.25, -0.2) is 4.98 Å². The van der Waals surface area contributed by atoms with Gasteiger partial charge in [-0.15, -0.1) is 0 Å². The topological polar surface area (TPSA) is 74.3 Å². The molecule has 1 aliphatic heterocycles. The summed E-state index contributed by atoms with van der Waals surface area (Å²) in [6.07, 6.45) is -2.54. The van der Waals surface area contributed by atoms with Gasteiger partial charge in [-0.1, -0.05) is 19.1 Å². The molecule has 0 bridgehead atoms. The Morgan fingerprint density at radius 2 is 1.97 bits per heavy atom. The van der Waals surface area contributed by atoms with Crippen LogP contribution in [0.15, 0.2) is 42.6 Å². The number of benzene rings is 1. The zero-order valence-electron chi connectivity index (χ0n) is 15.8. The van der Waals surface area contributed by atoms with Gasteiger partial charge in [0.15, 0.2) is 0 Å². The summed E-state index contributed by atoms with van der Waals surface area (Å²) in [4.78, 5) is 30.0. The molecule has 154 valence electrons. The van der Waals surface area contributed by atoms with Crippen LogP contribution in [0.2, 0.25) is 0 Å². The third-order valence-corrected chi connectivity index (χ3v) is 4.65. The summed E-state index contributed by atoms with van der Waals surface area (Å²) in [6, 6.07) is 8.24. The van der Waals surface area contributed by atoms with Crippen LogP contribution in [0.4, 0.5) is 24.7 Å². The van der Waals surface area contributed by atoms with Crippen LogP contribution in [0.3, 0.4) is 0 Å². The van der Waals surface area contributed by atoms with Gasteiger partial charge in [0.1, 0.15) is 5.82 Å². The summed E-state index contributed by atoms with van der Waals surface area (Å²) < 4.78 is 37.9. The Kier molecular flexibility index (Phi) is 6.05. The van der Waals surface area contributed by atoms with E-state index >= 15 is 0 Å². The molecule has 29 heavy (non-hydrogen) atoms. The highest BCUT2D eigenvalue weighted by atomic mass is 19.4. The lowest BCUT2D eigenvalue weighted by Gasteiger charge is -2.27. The normalized spacial score (nSPS) is 15.6. The quantitative estimate of drug-likeness (QED) is 0.801. The highest BCUT2D eigenvalue weighted by Crippen LogP contribution is 2.29. The number of hydrogen-bond acceptors (Lipinski definition) is 4. The van der Waals surface area contributed by atoms with Gasteiger partial charge in [-0.2, -0.15) is 13.2 Å². The minimum atomic E-state index is -4.38. The smallest absolute Gasteiger partial charge is 0.353 e. The van der Waals surface area contributed by atoms with E-state index in [-0.39, 0.29) is 18.4 Å². The Bertz CT molecular complexity index is 867. The third kappa shape index (κ3) is 5.46. The standard InChI is InChI=1S/C20H21F3N4O2/c1-13(10-14-2-4-15(5-3-14)20(21,22)23)19(29)26-16-6-7-17(25-11-16)27-9-8-24-18(28)12-27/h2-7,11,13H,8-10,12H2,1H3,(H,24,28)(H,26,29). The number of pyridine rings is 1. The molecule has 1 unspecified atom stereocenters. The Labute approximate surface area is 166 Å². The van der Waals surface area contributed by atoms with E-state index in [9.17, 15) is 22.8 Å². The molecule has 2 N–H and O–H groups in total. The van der Waals surface area contributed by atoms with Crippen molar-refractivity contribution >= 4 is 23.3 Å². The number of carbonyl (C=O) groups is 2.